The van der Waals surface area contributed by atoms with Crippen LogP contribution in [-0.2, 0) is 47.7 Å². The predicted molar refractivity (Wildman–Crippen MR) is 610 cm³/mol. The molecule has 0 amide bonds. The van der Waals surface area contributed by atoms with Crippen molar-refractivity contribution in [1.82, 2.24) is 34.3 Å². The van der Waals surface area contributed by atoms with Crippen molar-refractivity contribution in [1.29, 1.82) is 0 Å². The molecule has 23 heteroatoms. The Morgan fingerprint density at radius 3 is 0.793 bits per heavy atom. The fourth-order valence-electron chi connectivity index (χ4n) is 16.5. The third kappa shape index (κ3) is 66.6. The van der Waals surface area contributed by atoms with Gasteiger partial charge in [0.15, 0.2) is 5.78 Å². The molecule has 0 heterocycles. The van der Waals surface area contributed by atoms with Crippen molar-refractivity contribution in [2.24, 2.45) is 0 Å². The smallest absolute Gasteiger partial charge is 0.329 e. The first kappa shape index (κ1) is 135. The van der Waals surface area contributed by atoms with E-state index in [9.17, 15) is 28.8 Å². The number of ether oxygens (including phenoxy) is 5. The fraction of sp³-hybridized carbons (Fsp3) is 0.465. The number of nitrogens with zero attached hydrogens (tertiary/aromatic N) is 7. The van der Waals surface area contributed by atoms with E-state index >= 15 is 0 Å². The van der Waals surface area contributed by atoms with Crippen LogP contribution in [0.25, 0.3) is 0 Å². The van der Waals surface area contributed by atoms with Crippen molar-refractivity contribution in [2.75, 3.05) is 163 Å². The lowest BCUT2D eigenvalue weighted by molar-refractivity contribution is -0.143. The van der Waals surface area contributed by atoms with E-state index in [-0.39, 0.29) is 68.8 Å². The number of rotatable bonds is 62. The quantitative estimate of drug-likeness (QED) is 0.0103. The van der Waals surface area contributed by atoms with Crippen LogP contribution in [0.1, 0.15) is 272 Å². The van der Waals surface area contributed by atoms with Crippen molar-refractivity contribution in [3.8, 4) is 85.4 Å². The Hall–Kier alpha value is -12.8. The van der Waals surface area contributed by atoms with Crippen LogP contribution in [0.15, 0.2) is 243 Å². The SMILES string of the molecule is C#CCN(C)C(CCCC(=O)O)c1ccccc1.C#CCN(C)C(CCCC)c1ccccc1.C#CCN(C)C(CCCCO)c1ccccc1.C#CCN(C)C(CCCCOC)c1ccccc1.C#CCN(C)C(CCCCOCC(=O)O)c1ccccc1.CCOC(=O)CC#CCN(C)C(CCCCOC)c1ccccc1.COCCCCC(c1ccccc1)N(C)CC#CCC(=O)O.O=C(O)CCCC(=O)c1ccccc1. The number of terminal acetylenes is 5. The Morgan fingerprint density at radius 1 is 0.287 bits per heavy atom. The number of carbonyl (C=O) groups is 6. The summed E-state index contributed by atoms with van der Waals surface area (Å²) in [5.41, 5.74) is 9.65. The molecule has 0 aromatic heterocycles. The summed E-state index contributed by atoms with van der Waals surface area (Å²) < 4.78 is 25.2. The summed E-state index contributed by atoms with van der Waals surface area (Å²) in [6.07, 6.45) is 48.5. The Kier molecular flexibility index (Phi) is 82.3. The van der Waals surface area contributed by atoms with Gasteiger partial charge in [-0.3, -0.25) is 58.3 Å². The van der Waals surface area contributed by atoms with E-state index in [1.807, 2.05) is 100 Å². The maximum absolute atomic E-state index is 11.4. The van der Waals surface area contributed by atoms with Crippen LogP contribution >= 0.6 is 0 Å². The molecular formula is C127H173N7O16. The summed E-state index contributed by atoms with van der Waals surface area (Å²) in [7, 11) is 19.6. The minimum absolute atomic E-state index is 0.00634. The second-order valence-electron chi connectivity index (χ2n) is 36.3. The molecule has 0 saturated heterocycles. The molecule has 23 nitrogen and oxygen atoms in total. The highest BCUT2D eigenvalue weighted by molar-refractivity contribution is 5.96. The van der Waals surface area contributed by atoms with Gasteiger partial charge < -0.3 is 49.2 Å². The van der Waals surface area contributed by atoms with E-state index in [0.29, 0.717) is 108 Å². The minimum atomic E-state index is -0.925. The van der Waals surface area contributed by atoms with Gasteiger partial charge in [-0.05, 0) is 217 Å². The second-order valence-corrected chi connectivity index (χ2v) is 36.3. The average Bonchev–Trinajstić information content (AvgIpc) is 0.883. The van der Waals surface area contributed by atoms with E-state index in [0.717, 1.165) is 123 Å². The van der Waals surface area contributed by atoms with Crippen LogP contribution in [0.4, 0.5) is 0 Å². The van der Waals surface area contributed by atoms with Crippen LogP contribution < -0.4 is 0 Å². The van der Waals surface area contributed by atoms with Gasteiger partial charge in [0.1, 0.15) is 19.4 Å². The number of benzene rings is 8. The van der Waals surface area contributed by atoms with Gasteiger partial charge in [-0.2, -0.15) is 0 Å². The third-order valence-corrected chi connectivity index (χ3v) is 24.3. The van der Waals surface area contributed by atoms with Crippen molar-refractivity contribution >= 4 is 35.6 Å². The number of hydrogen-bond acceptors (Lipinski definition) is 19. The van der Waals surface area contributed by atoms with Gasteiger partial charge in [-0.1, -0.05) is 316 Å². The number of carbonyl (C=O) groups excluding carboxylic acids is 2. The van der Waals surface area contributed by atoms with Gasteiger partial charge in [0, 0.05) is 121 Å². The van der Waals surface area contributed by atoms with E-state index < -0.39 is 23.9 Å². The molecule has 812 valence electrons. The molecule has 8 aromatic rings. The van der Waals surface area contributed by atoms with Crippen LogP contribution in [0.2, 0.25) is 0 Å². The van der Waals surface area contributed by atoms with Crippen molar-refractivity contribution in [3.63, 3.8) is 0 Å². The molecule has 0 fully saturated rings. The minimum Gasteiger partial charge on any atom is -0.481 e. The van der Waals surface area contributed by atoms with Gasteiger partial charge >= 0.3 is 29.8 Å². The van der Waals surface area contributed by atoms with E-state index in [4.69, 9.17) is 81.3 Å². The number of ketones is 1. The fourth-order valence-corrected chi connectivity index (χ4v) is 16.5. The summed E-state index contributed by atoms with van der Waals surface area (Å²) >= 11 is 0. The molecule has 5 N–H and O–H groups in total. The maximum atomic E-state index is 11.4. The van der Waals surface area contributed by atoms with E-state index in [1.54, 1.807) is 52.5 Å². The first-order valence-corrected chi connectivity index (χ1v) is 52.3. The highest BCUT2D eigenvalue weighted by atomic mass is 16.5. The number of hydrogen-bond donors (Lipinski definition) is 5. The Labute approximate surface area is 901 Å². The van der Waals surface area contributed by atoms with Gasteiger partial charge in [-0.25, -0.2) is 4.79 Å². The Bertz CT molecular complexity index is 5130. The average molecular weight is 2050 g/mol. The number of aliphatic hydroxyl groups excluding tert-OH is 1. The topological polar surface area (TPSA) is 272 Å². The summed E-state index contributed by atoms with van der Waals surface area (Å²) in [6, 6.07) is 83.9. The van der Waals surface area contributed by atoms with E-state index in [1.165, 1.54) is 58.2 Å². The number of esters is 1. The van der Waals surface area contributed by atoms with Crippen molar-refractivity contribution < 1.29 is 78.0 Å². The monoisotopic (exact) mass is 2050 g/mol. The molecule has 0 aliphatic heterocycles. The number of unbranched alkanes of at least 4 members (excludes halogenated alkanes) is 6. The molecule has 7 unspecified atom stereocenters. The first-order chi connectivity index (χ1) is 72.7. The number of Topliss-reactive ketones (excluding diaryl/α,β-unsaturated/α-hetero) is 1. The van der Waals surface area contributed by atoms with Crippen molar-refractivity contribution in [3.05, 3.63) is 287 Å². The predicted octanol–water partition coefficient (Wildman–Crippen LogP) is 22.7. The number of methoxy groups -OCH3 is 3. The molecular weight excluding hydrogens is 1880 g/mol. The van der Waals surface area contributed by atoms with Crippen LogP contribution in [0, 0.1) is 85.4 Å². The summed E-state index contributed by atoms with van der Waals surface area (Å²) in [5, 5.41) is 43.0. The van der Waals surface area contributed by atoms with Crippen LogP contribution in [0.5, 0.6) is 0 Å². The summed E-state index contributed by atoms with van der Waals surface area (Å²) in [4.78, 5) is 79.6. The van der Waals surface area contributed by atoms with Gasteiger partial charge in [-0.15, -0.1) is 32.1 Å². The summed E-state index contributed by atoms with van der Waals surface area (Å²) in [6.45, 7) is 11.8. The molecule has 150 heavy (non-hydrogen) atoms. The molecule has 0 spiro atoms. The first-order valence-electron chi connectivity index (χ1n) is 52.3. The highest BCUT2D eigenvalue weighted by Gasteiger charge is 2.23. The molecule has 0 saturated carbocycles. The lowest BCUT2D eigenvalue weighted by atomic mass is 9.99. The Balaban J connectivity index is 0.000000861. The molecule has 0 radical (unpaired) electrons. The number of aliphatic hydroxyl groups is 1. The molecule has 7 atom stereocenters. The van der Waals surface area contributed by atoms with E-state index in [2.05, 4.69) is 262 Å². The number of carboxylic acids is 4. The van der Waals surface area contributed by atoms with Crippen LogP contribution in [-0.4, -0.2) is 258 Å². The zero-order valence-corrected chi connectivity index (χ0v) is 91.7. The number of aliphatic carboxylic acids is 4. The lowest BCUT2D eigenvalue weighted by Crippen LogP contribution is -2.25. The Morgan fingerprint density at radius 2 is 0.540 bits per heavy atom. The van der Waals surface area contributed by atoms with Gasteiger partial charge in [0.25, 0.3) is 0 Å². The standard InChI is InChI=1S/C20H29NO3.C18H25NO3.C17H23NO3.C16H23NO.C15H19NO2.C15H21NO.C15H21N.C11H12O3/c1-4-24-20(22)15-8-10-16-21(2)19(14-9-11-17-23-3)18-12-6-5-7-13-18;1-19(14-8-6-13-18(20)21)17(12-7-9-15-22-2)16-10-4-3-5-11-16;1-3-12-18(2)16(15-9-5-4-6-10-15)11-7-8-13-21-14-17(19)20;1-4-13-17(2)16(12-8-9-14-18-3)15-10-6-5-7-11-15;1-3-12-16(2)14(10-7-11-15(17)18)13-8-5-4-6-9-13;1-3-12-16(2)15(11-7-8-13-17)14-9-5-4-6-10-14;1-4-6-12-15(16(3)13-5-2)14-10-8-7-9-11-14;12-10(7-4-8-11(13)14)9-5-2-1-3-6-9/h5-7,12-13,19H,4,9,11,14-17H2,1-3H3;3-5,10-11,17H,7,9,12-15H2,1-2H3,(H,20,21);1,4-6,9-10,16H,7-8,11-14H2,2H3,(H,19,20);1,5-7,10-11,16H,8-9,12-14H2,2-3H3;1,4-6,8-9,14H,7,10-12H2,2H3,(H,17,18);1,4-6,9-10,15,17H,7-8,11-13H2,2H3;2,7-11,15H,4,6,12-13H2,1,3H3;1-3,5-6H,4,7-8H2,(H,13,14). The molecule has 0 aliphatic rings. The molecule has 0 aliphatic carbocycles. The normalized spacial score (nSPS) is 11.8. The summed E-state index contributed by atoms with van der Waals surface area (Å²) in [5.74, 6) is 21.4. The lowest BCUT2D eigenvalue weighted by Gasteiger charge is -2.27. The van der Waals surface area contributed by atoms with Gasteiger partial charge in [0.2, 0.25) is 0 Å². The molecule has 8 aromatic carbocycles. The molecule has 0 bridgehead atoms. The highest BCUT2D eigenvalue weighted by Crippen LogP contribution is 2.32. The zero-order valence-electron chi connectivity index (χ0n) is 91.7. The molecule has 8 rings (SSSR count). The second kappa shape index (κ2) is 91.2. The largest absolute Gasteiger partial charge is 0.481 e. The maximum Gasteiger partial charge on any atom is 0.329 e. The third-order valence-electron chi connectivity index (χ3n) is 24.3. The zero-order chi connectivity index (χ0) is 111. The van der Waals surface area contributed by atoms with Gasteiger partial charge in [0.05, 0.1) is 52.4 Å². The number of carboxylic acid groups (broad SMARTS) is 4. The van der Waals surface area contributed by atoms with Crippen LogP contribution in [0.3, 0.4) is 0 Å². The van der Waals surface area contributed by atoms with Crippen molar-refractivity contribution in [2.45, 2.75) is 223 Å².